The van der Waals surface area contributed by atoms with Crippen molar-refractivity contribution in [3.8, 4) is 0 Å². The first-order valence-electron chi connectivity index (χ1n) is 9.78. The smallest absolute Gasteiger partial charge is 0.288 e. The summed E-state index contributed by atoms with van der Waals surface area (Å²) >= 11 is 0. The van der Waals surface area contributed by atoms with Crippen molar-refractivity contribution in [1.29, 1.82) is 0 Å². The van der Waals surface area contributed by atoms with Gasteiger partial charge in [0.15, 0.2) is 5.69 Å². The quantitative estimate of drug-likeness (QED) is 0.347. The van der Waals surface area contributed by atoms with Crippen molar-refractivity contribution in [1.82, 2.24) is 34.3 Å². The molecule has 3 aromatic heterocycles. The van der Waals surface area contributed by atoms with Crippen molar-refractivity contribution in [3.05, 3.63) is 81.2 Å². The molecule has 0 radical (unpaired) electrons. The third kappa shape index (κ3) is 4.38. The molecule has 0 aliphatic carbocycles. The van der Waals surface area contributed by atoms with E-state index in [1.165, 1.54) is 14.9 Å². The maximum Gasteiger partial charge on any atom is 0.312 e. The number of nitrogens with one attached hydrogen (secondary N) is 1. The molecule has 0 fully saturated rings. The molecule has 4 rings (SSSR count). The maximum absolute atomic E-state index is 12.5. The molecule has 12 nitrogen and oxygen atoms in total. The minimum absolute atomic E-state index is 0.0255. The number of nitro groups is 1. The van der Waals surface area contributed by atoms with Crippen molar-refractivity contribution in [2.45, 2.75) is 34.0 Å². The van der Waals surface area contributed by atoms with Crippen LogP contribution in [0.4, 0.5) is 11.6 Å². The second kappa shape index (κ2) is 8.41. The van der Waals surface area contributed by atoms with Gasteiger partial charge in [-0.3, -0.25) is 24.9 Å². The van der Waals surface area contributed by atoms with Gasteiger partial charge in [0, 0.05) is 6.20 Å². The maximum atomic E-state index is 12.5. The highest BCUT2D eigenvalue weighted by atomic mass is 16.6. The fourth-order valence-electron chi connectivity index (χ4n) is 3.26. The second-order valence-corrected chi connectivity index (χ2v) is 7.36. The van der Waals surface area contributed by atoms with Gasteiger partial charge >= 0.3 is 5.69 Å². The Morgan fingerprint density at radius 3 is 2.50 bits per heavy atom. The number of aromatic nitrogens is 7. The molecule has 4 aromatic rings. The van der Waals surface area contributed by atoms with Gasteiger partial charge in [-0.15, -0.1) is 5.10 Å². The topological polar surface area (TPSA) is 139 Å². The molecule has 1 aromatic carbocycles. The molecular formula is C20H21N9O3. The molecular weight excluding hydrogens is 414 g/mol. The average Bonchev–Trinajstić information content (AvgIpc) is 3.44. The van der Waals surface area contributed by atoms with E-state index < -0.39 is 10.8 Å². The van der Waals surface area contributed by atoms with Gasteiger partial charge < -0.3 is 0 Å². The lowest BCUT2D eigenvalue weighted by molar-refractivity contribution is -0.386. The van der Waals surface area contributed by atoms with E-state index in [-0.39, 0.29) is 24.0 Å². The van der Waals surface area contributed by atoms with Crippen molar-refractivity contribution in [2.75, 3.05) is 5.32 Å². The van der Waals surface area contributed by atoms with Crippen LogP contribution in [-0.2, 0) is 13.2 Å². The molecule has 12 heteroatoms. The lowest BCUT2D eigenvalue weighted by Crippen LogP contribution is -2.16. The zero-order chi connectivity index (χ0) is 22.8. The van der Waals surface area contributed by atoms with E-state index in [9.17, 15) is 14.9 Å². The first-order valence-corrected chi connectivity index (χ1v) is 9.78. The zero-order valence-electron chi connectivity index (χ0n) is 17.8. The highest BCUT2D eigenvalue weighted by molar-refractivity contribution is 6.01. The number of rotatable bonds is 7. The Hall–Kier alpha value is -4.35. The standard InChI is InChI=1S/C20H21N9O3/c1-13-4-6-16(7-5-13)10-27-11-21-20(25-27)22-19(30)17-8-9-26(24-17)12-28-15(3)18(29(31)32)14(2)23-28/h4-9,11H,10,12H2,1-3H3,(H,22,25,30). The lowest BCUT2D eigenvalue weighted by Gasteiger charge is -2.04. The zero-order valence-corrected chi connectivity index (χ0v) is 17.8. The summed E-state index contributed by atoms with van der Waals surface area (Å²) in [7, 11) is 0. The number of benzene rings is 1. The van der Waals surface area contributed by atoms with E-state index in [0.717, 1.165) is 5.56 Å². The normalized spacial score (nSPS) is 11.0. The van der Waals surface area contributed by atoms with E-state index in [0.29, 0.717) is 17.9 Å². The summed E-state index contributed by atoms with van der Waals surface area (Å²) in [5, 5.41) is 26.4. The molecule has 0 aliphatic heterocycles. The first kappa shape index (κ1) is 20.9. The number of amides is 1. The SMILES string of the molecule is Cc1ccc(Cn2cnc(NC(=O)c3ccn(Cn4nc(C)c([N+](=O)[O-])c4C)n3)n2)cc1. The van der Waals surface area contributed by atoms with Crippen LogP contribution in [0.5, 0.6) is 0 Å². The Balaban J connectivity index is 1.40. The lowest BCUT2D eigenvalue weighted by atomic mass is 10.1. The fourth-order valence-corrected chi connectivity index (χ4v) is 3.26. The molecule has 1 amide bonds. The van der Waals surface area contributed by atoms with Crippen LogP contribution in [0.25, 0.3) is 0 Å². The number of nitrogens with zero attached hydrogens (tertiary/aromatic N) is 8. The van der Waals surface area contributed by atoms with Gasteiger partial charge in [0.05, 0.1) is 11.5 Å². The Bertz CT molecular complexity index is 1280. The highest BCUT2D eigenvalue weighted by Crippen LogP contribution is 2.21. The van der Waals surface area contributed by atoms with Crippen LogP contribution in [-0.4, -0.2) is 45.2 Å². The van der Waals surface area contributed by atoms with Crippen LogP contribution in [0.1, 0.15) is 33.0 Å². The van der Waals surface area contributed by atoms with E-state index >= 15 is 0 Å². The molecule has 0 atom stereocenters. The molecule has 0 aliphatic rings. The third-order valence-corrected chi connectivity index (χ3v) is 4.91. The van der Waals surface area contributed by atoms with E-state index in [1.807, 2.05) is 31.2 Å². The van der Waals surface area contributed by atoms with Gasteiger partial charge in [0.1, 0.15) is 24.4 Å². The minimum atomic E-state index is -0.462. The number of hydrogen-bond donors (Lipinski definition) is 1. The molecule has 32 heavy (non-hydrogen) atoms. The summed E-state index contributed by atoms with van der Waals surface area (Å²) in [4.78, 5) is 27.3. The molecule has 3 heterocycles. The van der Waals surface area contributed by atoms with Gasteiger partial charge in [-0.2, -0.15) is 10.2 Å². The summed E-state index contributed by atoms with van der Waals surface area (Å²) < 4.78 is 4.58. The van der Waals surface area contributed by atoms with Crippen LogP contribution in [0.3, 0.4) is 0 Å². The summed E-state index contributed by atoms with van der Waals surface area (Å²) in [5.41, 5.74) is 3.12. The molecule has 0 bridgehead atoms. The van der Waals surface area contributed by atoms with Crippen LogP contribution in [0.2, 0.25) is 0 Å². The highest BCUT2D eigenvalue weighted by Gasteiger charge is 2.22. The molecule has 0 unspecified atom stereocenters. The second-order valence-electron chi connectivity index (χ2n) is 7.36. The molecule has 0 saturated carbocycles. The monoisotopic (exact) mass is 435 g/mol. The fraction of sp³-hybridized carbons (Fsp3) is 0.250. The predicted molar refractivity (Wildman–Crippen MR) is 114 cm³/mol. The Morgan fingerprint density at radius 1 is 1.06 bits per heavy atom. The van der Waals surface area contributed by atoms with Crippen molar-refractivity contribution in [3.63, 3.8) is 0 Å². The largest absolute Gasteiger partial charge is 0.312 e. The number of aryl methyl sites for hydroxylation is 2. The summed E-state index contributed by atoms with van der Waals surface area (Å²) in [5.74, 6) is -0.290. The Kier molecular flexibility index (Phi) is 5.50. The van der Waals surface area contributed by atoms with Crippen LogP contribution >= 0.6 is 0 Å². The molecule has 0 spiro atoms. The third-order valence-electron chi connectivity index (χ3n) is 4.91. The van der Waals surface area contributed by atoms with Crippen molar-refractivity contribution < 1.29 is 9.72 Å². The number of anilines is 1. The summed E-state index contributed by atoms with van der Waals surface area (Å²) in [6.07, 6.45) is 3.14. The van der Waals surface area contributed by atoms with Crippen LogP contribution < -0.4 is 5.32 Å². The average molecular weight is 435 g/mol. The van der Waals surface area contributed by atoms with Gasteiger partial charge in [-0.1, -0.05) is 29.8 Å². The predicted octanol–water partition coefficient (Wildman–Crippen LogP) is 2.31. The molecule has 1 N–H and O–H groups in total. The summed E-state index contributed by atoms with van der Waals surface area (Å²) in [6.45, 7) is 5.89. The number of carbonyl (C=O) groups is 1. The number of carbonyl (C=O) groups excluding carboxylic acids is 1. The number of hydrogen-bond acceptors (Lipinski definition) is 7. The van der Waals surface area contributed by atoms with E-state index in [1.54, 1.807) is 37.1 Å². The van der Waals surface area contributed by atoms with Crippen LogP contribution in [0, 0.1) is 30.9 Å². The van der Waals surface area contributed by atoms with Gasteiger partial charge in [-0.25, -0.2) is 14.3 Å². The van der Waals surface area contributed by atoms with Gasteiger partial charge in [0.2, 0.25) is 5.95 Å². The molecule has 0 saturated heterocycles. The Labute approximate surface area is 182 Å². The van der Waals surface area contributed by atoms with Crippen molar-refractivity contribution >= 4 is 17.5 Å². The minimum Gasteiger partial charge on any atom is -0.288 e. The van der Waals surface area contributed by atoms with E-state index in [2.05, 4.69) is 25.6 Å². The van der Waals surface area contributed by atoms with Crippen molar-refractivity contribution in [2.24, 2.45) is 0 Å². The Morgan fingerprint density at radius 2 is 1.81 bits per heavy atom. The van der Waals surface area contributed by atoms with Gasteiger partial charge in [-0.05, 0) is 32.4 Å². The molecule has 164 valence electrons. The van der Waals surface area contributed by atoms with Crippen LogP contribution in [0.15, 0.2) is 42.9 Å². The van der Waals surface area contributed by atoms with Gasteiger partial charge in [0.25, 0.3) is 5.91 Å². The summed E-state index contributed by atoms with van der Waals surface area (Å²) in [6, 6.07) is 9.61. The first-order chi connectivity index (χ1) is 15.3. The van der Waals surface area contributed by atoms with E-state index in [4.69, 9.17) is 0 Å².